The van der Waals surface area contributed by atoms with Crippen molar-refractivity contribution in [3.8, 4) is 5.75 Å². The third-order valence-electron chi connectivity index (χ3n) is 3.52. The number of amides is 1. The van der Waals surface area contributed by atoms with Crippen LogP contribution in [0.25, 0.3) is 0 Å². The molecule has 0 saturated carbocycles. The molecule has 1 N–H and O–H groups in total. The van der Waals surface area contributed by atoms with Crippen LogP contribution in [0.15, 0.2) is 48.5 Å². The lowest BCUT2D eigenvalue weighted by atomic mass is 9.85. The van der Waals surface area contributed by atoms with Crippen molar-refractivity contribution in [3.63, 3.8) is 0 Å². The Balaban J connectivity index is 2.02. The van der Waals surface area contributed by atoms with E-state index in [1.54, 1.807) is 7.11 Å². The molecule has 1 amide bonds. The summed E-state index contributed by atoms with van der Waals surface area (Å²) in [7, 11) is 1.65. The van der Waals surface area contributed by atoms with Crippen LogP contribution in [-0.2, 0) is 4.79 Å². The number of nitrogens with one attached hydrogen (secondary N) is 1. The molecule has 3 rings (SSSR count). The molecule has 1 aliphatic rings. The summed E-state index contributed by atoms with van der Waals surface area (Å²) in [5.41, 5.74) is 3.23. The van der Waals surface area contributed by atoms with E-state index < -0.39 is 0 Å². The lowest BCUT2D eigenvalue weighted by molar-refractivity contribution is -0.116. The van der Waals surface area contributed by atoms with Crippen molar-refractivity contribution in [2.45, 2.75) is 12.3 Å². The van der Waals surface area contributed by atoms with E-state index in [4.69, 9.17) is 4.74 Å². The molecule has 0 bridgehead atoms. The second kappa shape index (κ2) is 4.76. The van der Waals surface area contributed by atoms with Crippen LogP contribution in [-0.4, -0.2) is 13.0 Å². The van der Waals surface area contributed by atoms with Gasteiger partial charge in [0, 0.05) is 18.0 Å². The van der Waals surface area contributed by atoms with Crippen LogP contribution in [0.2, 0.25) is 0 Å². The molecule has 0 spiro atoms. The lowest BCUT2D eigenvalue weighted by Gasteiger charge is -2.26. The minimum Gasteiger partial charge on any atom is -0.497 e. The average molecular weight is 253 g/mol. The first-order valence-electron chi connectivity index (χ1n) is 6.30. The largest absolute Gasteiger partial charge is 0.497 e. The Hall–Kier alpha value is -2.29. The first kappa shape index (κ1) is 11.8. The van der Waals surface area contributed by atoms with Crippen LogP contribution in [0.5, 0.6) is 5.75 Å². The van der Waals surface area contributed by atoms with Crippen molar-refractivity contribution in [1.29, 1.82) is 0 Å². The molecule has 0 fully saturated rings. The molecule has 3 nitrogen and oxygen atoms in total. The SMILES string of the molecule is COc1ccc(C2CC(=O)Nc3ccccc32)cc1. The maximum Gasteiger partial charge on any atom is 0.225 e. The summed E-state index contributed by atoms with van der Waals surface area (Å²) in [4.78, 5) is 11.8. The predicted molar refractivity (Wildman–Crippen MR) is 74.5 cm³/mol. The van der Waals surface area contributed by atoms with Gasteiger partial charge in [0.1, 0.15) is 5.75 Å². The molecule has 2 aromatic rings. The Morgan fingerprint density at radius 2 is 1.84 bits per heavy atom. The first-order chi connectivity index (χ1) is 9.28. The van der Waals surface area contributed by atoms with Gasteiger partial charge in [0.05, 0.1) is 7.11 Å². The Labute approximate surface area is 112 Å². The number of carbonyl (C=O) groups is 1. The second-order valence-electron chi connectivity index (χ2n) is 4.67. The quantitative estimate of drug-likeness (QED) is 0.892. The fourth-order valence-electron chi connectivity index (χ4n) is 2.54. The van der Waals surface area contributed by atoms with Gasteiger partial charge in [-0.25, -0.2) is 0 Å². The number of methoxy groups -OCH3 is 1. The van der Waals surface area contributed by atoms with Crippen LogP contribution in [0.4, 0.5) is 5.69 Å². The maximum atomic E-state index is 11.8. The fourth-order valence-corrected chi connectivity index (χ4v) is 2.54. The van der Waals surface area contributed by atoms with Crippen LogP contribution >= 0.6 is 0 Å². The minimum absolute atomic E-state index is 0.0690. The highest BCUT2D eigenvalue weighted by molar-refractivity contribution is 5.95. The molecular weight excluding hydrogens is 238 g/mol. The zero-order chi connectivity index (χ0) is 13.2. The summed E-state index contributed by atoms with van der Waals surface area (Å²) in [6.07, 6.45) is 0.489. The van der Waals surface area contributed by atoms with Gasteiger partial charge in [-0.1, -0.05) is 30.3 Å². The topological polar surface area (TPSA) is 38.3 Å². The number of benzene rings is 2. The first-order valence-corrected chi connectivity index (χ1v) is 6.30. The molecule has 1 heterocycles. The summed E-state index contributed by atoms with van der Waals surface area (Å²) in [6, 6.07) is 15.9. The zero-order valence-corrected chi connectivity index (χ0v) is 10.7. The van der Waals surface area contributed by atoms with E-state index >= 15 is 0 Å². The van der Waals surface area contributed by atoms with Gasteiger partial charge in [-0.15, -0.1) is 0 Å². The van der Waals surface area contributed by atoms with Crippen LogP contribution in [0, 0.1) is 0 Å². The number of anilines is 1. The van der Waals surface area contributed by atoms with Crippen molar-refractivity contribution < 1.29 is 9.53 Å². The van der Waals surface area contributed by atoms with E-state index in [9.17, 15) is 4.79 Å². The summed E-state index contributed by atoms with van der Waals surface area (Å²) >= 11 is 0. The molecule has 1 unspecified atom stereocenters. The Bertz CT molecular complexity index is 604. The van der Waals surface area contributed by atoms with Crippen molar-refractivity contribution in [1.82, 2.24) is 0 Å². The molecule has 1 atom stereocenters. The van der Waals surface area contributed by atoms with E-state index in [-0.39, 0.29) is 11.8 Å². The lowest BCUT2D eigenvalue weighted by Crippen LogP contribution is -2.23. The molecule has 1 aliphatic heterocycles. The van der Waals surface area contributed by atoms with Gasteiger partial charge in [-0.05, 0) is 29.3 Å². The maximum absolute atomic E-state index is 11.8. The van der Waals surface area contributed by atoms with Crippen LogP contribution < -0.4 is 10.1 Å². The highest BCUT2D eigenvalue weighted by Crippen LogP contribution is 2.37. The molecule has 96 valence electrons. The van der Waals surface area contributed by atoms with Crippen molar-refractivity contribution in [2.24, 2.45) is 0 Å². The zero-order valence-electron chi connectivity index (χ0n) is 10.7. The number of hydrogen-bond donors (Lipinski definition) is 1. The van der Waals surface area contributed by atoms with Crippen LogP contribution in [0.1, 0.15) is 23.5 Å². The standard InChI is InChI=1S/C16H15NO2/c1-19-12-8-6-11(7-9-12)14-10-16(18)17-15-5-3-2-4-13(14)15/h2-9,14H,10H2,1H3,(H,17,18). The Kier molecular flexibility index (Phi) is 2.95. The van der Waals surface area contributed by atoms with E-state index in [1.165, 1.54) is 5.56 Å². The van der Waals surface area contributed by atoms with E-state index in [0.717, 1.165) is 17.0 Å². The predicted octanol–water partition coefficient (Wildman–Crippen LogP) is 3.17. The third kappa shape index (κ3) is 2.19. The molecule has 19 heavy (non-hydrogen) atoms. The van der Waals surface area contributed by atoms with Crippen molar-refractivity contribution >= 4 is 11.6 Å². The number of rotatable bonds is 2. The fraction of sp³-hybridized carbons (Fsp3) is 0.188. The highest BCUT2D eigenvalue weighted by Gasteiger charge is 2.25. The Morgan fingerprint density at radius 1 is 1.11 bits per heavy atom. The summed E-state index contributed by atoms with van der Waals surface area (Å²) in [5, 5.41) is 2.92. The summed E-state index contributed by atoms with van der Waals surface area (Å²) in [6.45, 7) is 0. The summed E-state index contributed by atoms with van der Waals surface area (Å²) in [5.74, 6) is 1.02. The normalized spacial score (nSPS) is 17.5. The van der Waals surface area contributed by atoms with E-state index in [2.05, 4.69) is 11.4 Å². The van der Waals surface area contributed by atoms with Crippen molar-refractivity contribution in [3.05, 3.63) is 59.7 Å². The summed E-state index contributed by atoms with van der Waals surface area (Å²) < 4.78 is 5.17. The molecule has 0 aliphatic carbocycles. The van der Waals surface area contributed by atoms with E-state index in [0.29, 0.717) is 6.42 Å². The third-order valence-corrected chi connectivity index (χ3v) is 3.52. The molecule has 2 aromatic carbocycles. The van der Waals surface area contributed by atoms with Gasteiger partial charge in [-0.2, -0.15) is 0 Å². The van der Waals surface area contributed by atoms with Crippen LogP contribution in [0.3, 0.4) is 0 Å². The van der Waals surface area contributed by atoms with Gasteiger partial charge in [0.15, 0.2) is 0 Å². The number of ether oxygens (including phenoxy) is 1. The molecular formula is C16H15NO2. The number of carbonyl (C=O) groups excluding carboxylic acids is 1. The number of hydrogen-bond acceptors (Lipinski definition) is 2. The van der Waals surface area contributed by atoms with E-state index in [1.807, 2.05) is 42.5 Å². The second-order valence-corrected chi connectivity index (χ2v) is 4.67. The molecule has 0 aromatic heterocycles. The molecule has 0 radical (unpaired) electrons. The smallest absolute Gasteiger partial charge is 0.225 e. The van der Waals surface area contributed by atoms with Gasteiger partial charge in [0.2, 0.25) is 5.91 Å². The molecule has 3 heteroatoms. The Morgan fingerprint density at radius 3 is 2.58 bits per heavy atom. The van der Waals surface area contributed by atoms with Gasteiger partial charge >= 0.3 is 0 Å². The van der Waals surface area contributed by atoms with Gasteiger partial charge in [-0.3, -0.25) is 4.79 Å². The van der Waals surface area contributed by atoms with Crippen molar-refractivity contribution in [2.75, 3.05) is 12.4 Å². The van der Waals surface area contributed by atoms with Gasteiger partial charge in [0.25, 0.3) is 0 Å². The molecule has 0 saturated heterocycles. The van der Waals surface area contributed by atoms with Gasteiger partial charge < -0.3 is 10.1 Å². The number of fused-ring (bicyclic) bond motifs is 1. The minimum atomic E-state index is 0.0690. The number of para-hydroxylation sites is 1. The monoisotopic (exact) mass is 253 g/mol. The average Bonchev–Trinajstić information content (AvgIpc) is 2.46. The highest BCUT2D eigenvalue weighted by atomic mass is 16.5.